The van der Waals surface area contributed by atoms with Crippen molar-refractivity contribution in [2.24, 2.45) is 5.73 Å². The Kier molecular flexibility index (Phi) is 4.98. The lowest BCUT2D eigenvalue weighted by Gasteiger charge is -2.07. The average molecular weight is 288 g/mol. The van der Waals surface area contributed by atoms with Gasteiger partial charge in [0.25, 0.3) is 10.0 Å². The van der Waals surface area contributed by atoms with E-state index in [2.05, 4.69) is 9.57 Å². The highest BCUT2D eigenvalue weighted by molar-refractivity contribution is 7.89. The number of carbonyl (C=O) groups excluding carboxylic acids is 2. The molecule has 0 aromatic heterocycles. The molecule has 0 atom stereocenters. The summed E-state index contributed by atoms with van der Waals surface area (Å²) in [7, 11) is -2.83. The second kappa shape index (κ2) is 6.27. The summed E-state index contributed by atoms with van der Waals surface area (Å²) in [6, 6.07) is 5.13. The van der Waals surface area contributed by atoms with Crippen molar-refractivity contribution in [2.45, 2.75) is 4.90 Å². The van der Waals surface area contributed by atoms with Gasteiger partial charge in [-0.1, -0.05) is 11.0 Å². The highest BCUT2D eigenvalue weighted by atomic mass is 32.2. The number of nitrogens with one attached hydrogen (secondary N) is 1. The first-order valence-corrected chi connectivity index (χ1v) is 6.45. The lowest BCUT2D eigenvalue weighted by Crippen LogP contribution is -2.29. The fourth-order valence-corrected chi connectivity index (χ4v) is 1.98. The monoisotopic (exact) mass is 288 g/mol. The number of nitrogens with two attached hydrogens (primary N) is 1. The van der Waals surface area contributed by atoms with Crippen molar-refractivity contribution in [2.75, 3.05) is 13.7 Å². The molecule has 0 saturated heterocycles. The van der Waals surface area contributed by atoms with E-state index in [4.69, 9.17) is 5.73 Å². The topological polar surface area (TPSA) is 125 Å². The molecule has 1 amide bonds. The summed E-state index contributed by atoms with van der Waals surface area (Å²) in [6.45, 7) is -0.601. The predicted octanol–water partition coefficient (Wildman–Crippen LogP) is -0.832. The largest absolute Gasteiger partial charge is 0.465 e. The van der Waals surface area contributed by atoms with Crippen LogP contribution in [0.25, 0.3) is 0 Å². The number of hydrogen-bond acceptors (Lipinski definition) is 6. The van der Waals surface area contributed by atoms with Gasteiger partial charge in [0.1, 0.15) is 6.61 Å². The minimum absolute atomic E-state index is 0.0697. The molecular formula is C10H12N2O6S. The van der Waals surface area contributed by atoms with Crippen LogP contribution in [0.2, 0.25) is 0 Å². The molecule has 19 heavy (non-hydrogen) atoms. The SMILES string of the molecule is COC(=O)c1cccc(S(=O)(=O)NOCC(N)=O)c1. The van der Waals surface area contributed by atoms with Gasteiger partial charge in [-0.3, -0.25) is 9.63 Å². The van der Waals surface area contributed by atoms with E-state index in [1.165, 1.54) is 25.3 Å². The normalized spacial score (nSPS) is 11.0. The van der Waals surface area contributed by atoms with E-state index in [-0.39, 0.29) is 10.5 Å². The minimum Gasteiger partial charge on any atom is -0.465 e. The van der Waals surface area contributed by atoms with E-state index in [1.54, 1.807) is 4.89 Å². The molecule has 0 aliphatic carbocycles. The quantitative estimate of drug-likeness (QED) is 0.520. The first-order chi connectivity index (χ1) is 8.86. The van der Waals surface area contributed by atoms with Gasteiger partial charge >= 0.3 is 5.97 Å². The van der Waals surface area contributed by atoms with E-state index in [0.717, 1.165) is 6.07 Å². The summed E-state index contributed by atoms with van der Waals surface area (Å²) in [4.78, 5) is 27.6. The van der Waals surface area contributed by atoms with Crippen molar-refractivity contribution in [1.29, 1.82) is 0 Å². The Labute approximate surface area is 109 Å². The molecule has 0 radical (unpaired) electrons. The van der Waals surface area contributed by atoms with Crippen LogP contribution in [-0.2, 0) is 24.4 Å². The second-order valence-electron chi connectivity index (χ2n) is 3.36. The van der Waals surface area contributed by atoms with Crippen molar-refractivity contribution in [1.82, 2.24) is 4.89 Å². The van der Waals surface area contributed by atoms with Crippen molar-refractivity contribution in [3.63, 3.8) is 0 Å². The molecule has 3 N–H and O–H groups in total. The number of methoxy groups -OCH3 is 1. The third-order valence-electron chi connectivity index (χ3n) is 1.95. The third kappa shape index (κ3) is 4.32. The molecule has 1 aromatic carbocycles. The Morgan fingerprint density at radius 1 is 1.37 bits per heavy atom. The van der Waals surface area contributed by atoms with Crippen molar-refractivity contribution < 1.29 is 27.6 Å². The van der Waals surface area contributed by atoms with Crippen LogP contribution < -0.4 is 10.6 Å². The van der Waals surface area contributed by atoms with Crippen LogP contribution >= 0.6 is 0 Å². The lowest BCUT2D eigenvalue weighted by molar-refractivity contribution is -0.123. The molecule has 0 fully saturated rings. The summed E-state index contributed by atoms with van der Waals surface area (Å²) < 4.78 is 27.9. The van der Waals surface area contributed by atoms with Gasteiger partial charge in [-0.15, -0.1) is 0 Å². The molecule has 0 aliphatic heterocycles. The Morgan fingerprint density at radius 3 is 2.63 bits per heavy atom. The zero-order valence-corrected chi connectivity index (χ0v) is 10.8. The van der Waals surface area contributed by atoms with E-state index in [1.807, 2.05) is 0 Å². The Bertz CT molecular complexity index is 583. The van der Waals surface area contributed by atoms with Gasteiger partial charge in [0, 0.05) is 0 Å². The van der Waals surface area contributed by atoms with Crippen molar-refractivity contribution >= 4 is 21.9 Å². The van der Waals surface area contributed by atoms with Crippen LogP contribution in [0.3, 0.4) is 0 Å². The molecule has 1 rings (SSSR count). The maximum Gasteiger partial charge on any atom is 0.337 e. The van der Waals surface area contributed by atoms with E-state index in [9.17, 15) is 18.0 Å². The smallest absolute Gasteiger partial charge is 0.337 e. The van der Waals surface area contributed by atoms with Crippen LogP contribution in [0.1, 0.15) is 10.4 Å². The van der Waals surface area contributed by atoms with Crippen LogP contribution in [-0.4, -0.2) is 34.0 Å². The predicted molar refractivity (Wildman–Crippen MR) is 63.2 cm³/mol. The number of sulfonamides is 1. The summed E-state index contributed by atoms with van der Waals surface area (Å²) in [5, 5.41) is 0. The highest BCUT2D eigenvalue weighted by Crippen LogP contribution is 2.12. The van der Waals surface area contributed by atoms with E-state index < -0.39 is 28.5 Å². The molecule has 0 saturated carbocycles. The average Bonchev–Trinajstić information content (AvgIpc) is 2.37. The number of primary amides is 1. The first kappa shape index (κ1) is 15.1. The number of benzene rings is 1. The number of amides is 1. The molecule has 0 aliphatic rings. The molecule has 1 aromatic rings. The van der Waals surface area contributed by atoms with Gasteiger partial charge in [0.2, 0.25) is 5.91 Å². The van der Waals surface area contributed by atoms with Gasteiger partial charge in [0.05, 0.1) is 17.6 Å². The summed E-state index contributed by atoms with van der Waals surface area (Å²) >= 11 is 0. The van der Waals surface area contributed by atoms with Crippen molar-refractivity contribution in [3.8, 4) is 0 Å². The van der Waals surface area contributed by atoms with Crippen LogP contribution in [0.4, 0.5) is 0 Å². The van der Waals surface area contributed by atoms with Crippen molar-refractivity contribution in [3.05, 3.63) is 29.8 Å². The number of rotatable bonds is 6. The maximum absolute atomic E-state index is 11.7. The molecule has 104 valence electrons. The first-order valence-electron chi connectivity index (χ1n) is 4.97. The Hall–Kier alpha value is -1.97. The molecule has 0 bridgehead atoms. The fraction of sp³-hybridized carbons (Fsp3) is 0.200. The van der Waals surface area contributed by atoms with Crippen LogP contribution in [0, 0.1) is 0 Å². The van der Waals surface area contributed by atoms with Gasteiger partial charge in [-0.05, 0) is 18.2 Å². The van der Waals surface area contributed by atoms with Gasteiger partial charge in [0.15, 0.2) is 0 Å². The summed E-state index contributed by atoms with van der Waals surface area (Å²) in [5.74, 6) is -1.50. The fourth-order valence-electron chi connectivity index (χ4n) is 1.13. The van der Waals surface area contributed by atoms with E-state index >= 15 is 0 Å². The number of hydrogen-bond donors (Lipinski definition) is 2. The third-order valence-corrected chi connectivity index (χ3v) is 3.16. The lowest BCUT2D eigenvalue weighted by atomic mass is 10.2. The zero-order chi connectivity index (χ0) is 14.5. The maximum atomic E-state index is 11.7. The standard InChI is InChI=1S/C10H12N2O6S/c1-17-10(14)7-3-2-4-8(5-7)19(15,16)12-18-6-9(11)13/h2-5,12H,6H2,1H3,(H2,11,13). The molecule has 9 heteroatoms. The van der Waals surface area contributed by atoms with Gasteiger partial charge in [-0.2, -0.15) is 0 Å². The Morgan fingerprint density at radius 2 is 2.05 bits per heavy atom. The van der Waals surface area contributed by atoms with Crippen LogP contribution in [0.15, 0.2) is 29.2 Å². The van der Waals surface area contributed by atoms with Gasteiger partial charge < -0.3 is 10.5 Å². The molecule has 0 heterocycles. The zero-order valence-electron chi connectivity index (χ0n) is 9.95. The second-order valence-corrected chi connectivity index (χ2v) is 5.01. The molecular weight excluding hydrogens is 276 g/mol. The summed E-state index contributed by atoms with van der Waals surface area (Å²) in [5.41, 5.74) is 4.85. The van der Waals surface area contributed by atoms with Gasteiger partial charge in [-0.25, -0.2) is 13.2 Å². The molecule has 0 unspecified atom stereocenters. The highest BCUT2D eigenvalue weighted by Gasteiger charge is 2.17. The summed E-state index contributed by atoms with van der Waals surface area (Å²) in [6.07, 6.45) is 0. The minimum atomic E-state index is -4.01. The number of carbonyl (C=O) groups is 2. The number of esters is 1. The van der Waals surface area contributed by atoms with E-state index in [0.29, 0.717) is 0 Å². The number of ether oxygens (including phenoxy) is 1. The molecule has 8 nitrogen and oxygen atoms in total. The van der Waals surface area contributed by atoms with Crippen LogP contribution in [0.5, 0.6) is 0 Å². The Balaban J connectivity index is 2.89. The molecule has 0 spiro atoms.